The van der Waals surface area contributed by atoms with E-state index in [1.54, 1.807) is 0 Å². The average molecular weight is 183 g/mol. The maximum atomic E-state index is 10.5. The second kappa shape index (κ2) is 3.18. The number of carbonyl (C=O) groups is 1. The molecule has 1 atom stereocenters. The first-order valence-electron chi connectivity index (χ1n) is 4.05. The van der Waals surface area contributed by atoms with E-state index in [0.29, 0.717) is 18.9 Å². The number of hydrogen-bond acceptors (Lipinski definition) is 4. The van der Waals surface area contributed by atoms with Gasteiger partial charge in [-0.3, -0.25) is 0 Å². The lowest BCUT2D eigenvalue weighted by atomic mass is 10.1. The molecule has 1 aliphatic rings. The summed E-state index contributed by atoms with van der Waals surface area (Å²) < 4.78 is 9.79. The SMILES string of the molecule is O=C(O)c1cc(C2CCOC2)no1. The Balaban J connectivity index is 2.16. The molecule has 1 aromatic heterocycles. The third kappa shape index (κ3) is 1.55. The van der Waals surface area contributed by atoms with E-state index >= 15 is 0 Å². The van der Waals surface area contributed by atoms with Gasteiger partial charge in [-0.1, -0.05) is 5.16 Å². The maximum absolute atomic E-state index is 10.5. The van der Waals surface area contributed by atoms with Crippen LogP contribution in [0.3, 0.4) is 0 Å². The fourth-order valence-electron chi connectivity index (χ4n) is 1.35. The summed E-state index contributed by atoms with van der Waals surface area (Å²) >= 11 is 0. The Labute approximate surface area is 74.3 Å². The van der Waals surface area contributed by atoms with Crippen LogP contribution in [0.15, 0.2) is 10.6 Å². The Morgan fingerprint density at radius 1 is 1.69 bits per heavy atom. The second-order valence-corrected chi connectivity index (χ2v) is 2.98. The molecule has 1 aromatic rings. The number of aromatic carboxylic acids is 1. The molecule has 0 aliphatic carbocycles. The van der Waals surface area contributed by atoms with E-state index < -0.39 is 5.97 Å². The number of carboxylic acids is 1. The molecule has 5 heteroatoms. The van der Waals surface area contributed by atoms with E-state index in [9.17, 15) is 4.79 Å². The predicted molar refractivity (Wildman–Crippen MR) is 41.6 cm³/mol. The molecule has 1 saturated heterocycles. The molecule has 70 valence electrons. The van der Waals surface area contributed by atoms with Crippen LogP contribution >= 0.6 is 0 Å². The monoisotopic (exact) mass is 183 g/mol. The maximum Gasteiger partial charge on any atom is 0.374 e. The molecule has 1 N–H and O–H groups in total. The van der Waals surface area contributed by atoms with Crippen LogP contribution in [0.2, 0.25) is 0 Å². The van der Waals surface area contributed by atoms with E-state index in [1.165, 1.54) is 6.07 Å². The minimum atomic E-state index is -1.09. The summed E-state index contributed by atoms with van der Waals surface area (Å²) in [6, 6.07) is 1.46. The molecule has 0 bridgehead atoms. The van der Waals surface area contributed by atoms with E-state index in [-0.39, 0.29) is 11.7 Å². The van der Waals surface area contributed by atoms with Crippen LogP contribution in [0.1, 0.15) is 28.6 Å². The molecule has 0 amide bonds. The Bertz CT molecular complexity index is 314. The van der Waals surface area contributed by atoms with Gasteiger partial charge in [0.15, 0.2) is 0 Å². The Hall–Kier alpha value is -1.36. The smallest absolute Gasteiger partial charge is 0.374 e. The fourth-order valence-corrected chi connectivity index (χ4v) is 1.35. The van der Waals surface area contributed by atoms with Crippen molar-refractivity contribution in [1.82, 2.24) is 5.16 Å². The zero-order valence-corrected chi connectivity index (χ0v) is 6.90. The minimum Gasteiger partial charge on any atom is -0.475 e. The fraction of sp³-hybridized carbons (Fsp3) is 0.500. The summed E-state index contributed by atoms with van der Waals surface area (Å²) in [5, 5.41) is 12.3. The van der Waals surface area contributed by atoms with Crippen LogP contribution in [0.5, 0.6) is 0 Å². The van der Waals surface area contributed by atoms with Crippen molar-refractivity contribution < 1.29 is 19.2 Å². The van der Waals surface area contributed by atoms with Gasteiger partial charge in [0.25, 0.3) is 0 Å². The lowest BCUT2D eigenvalue weighted by Gasteiger charge is -1.98. The average Bonchev–Trinajstić information content (AvgIpc) is 2.75. The molecule has 0 spiro atoms. The molecule has 2 heterocycles. The van der Waals surface area contributed by atoms with Crippen molar-refractivity contribution in [3.05, 3.63) is 17.5 Å². The van der Waals surface area contributed by atoms with Crippen molar-refractivity contribution in [3.8, 4) is 0 Å². The largest absolute Gasteiger partial charge is 0.475 e. The van der Waals surface area contributed by atoms with Gasteiger partial charge >= 0.3 is 5.97 Å². The summed E-state index contributed by atoms with van der Waals surface area (Å²) in [5.41, 5.74) is 0.676. The van der Waals surface area contributed by atoms with Gasteiger partial charge in [-0.15, -0.1) is 0 Å². The highest BCUT2D eigenvalue weighted by molar-refractivity contribution is 5.84. The molecule has 2 rings (SSSR count). The molecule has 0 aromatic carbocycles. The standard InChI is InChI=1S/C8H9NO4/c10-8(11)7-3-6(9-13-7)5-1-2-12-4-5/h3,5H,1-2,4H2,(H,10,11). The van der Waals surface area contributed by atoms with E-state index in [1.807, 2.05) is 0 Å². The number of carboxylic acid groups (broad SMARTS) is 1. The van der Waals surface area contributed by atoms with Crippen molar-refractivity contribution in [2.45, 2.75) is 12.3 Å². The highest BCUT2D eigenvalue weighted by Crippen LogP contribution is 2.24. The highest BCUT2D eigenvalue weighted by atomic mass is 16.5. The Morgan fingerprint density at radius 3 is 3.08 bits per heavy atom. The van der Waals surface area contributed by atoms with Crippen molar-refractivity contribution in [1.29, 1.82) is 0 Å². The van der Waals surface area contributed by atoms with Gasteiger partial charge in [-0.05, 0) is 6.42 Å². The van der Waals surface area contributed by atoms with E-state index in [4.69, 9.17) is 9.84 Å². The molecule has 13 heavy (non-hydrogen) atoms. The second-order valence-electron chi connectivity index (χ2n) is 2.98. The number of rotatable bonds is 2. The zero-order valence-electron chi connectivity index (χ0n) is 6.90. The number of hydrogen-bond donors (Lipinski definition) is 1. The normalized spacial score (nSPS) is 22.0. The van der Waals surface area contributed by atoms with E-state index in [2.05, 4.69) is 9.68 Å². The molecule has 1 unspecified atom stereocenters. The van der Waals surface area contributed by atoms with Gasteiger partial charge in [0.1, 0.15) is 0 Å². The van der Waals surface area contributed by atoms with E-state index in [0.717, 1.165) is 6.42 Å². The van der Waals surface area contributed by atoms with Crippen LogP contribution in [-0.4, -0.2) is 29.4 Å². The molecule has 1 aliphatic heterocycles. The quantitative estimate of drug-likeness (QED) is 0.736. The van der Waals surface area contributed by atoms with Crippen molar-refractivity contribution in [2.75, 3.05) is 13.2 Å². The summed E-state index contributed by atoms with van der Waals surface area (Å²) in [6.07, 6.45) is 0.881. The first-order valence-corrected chi connectivity index (χ1v) is 4.05. The lowest BCUT2D eigenvalue weighted by Crippen LogP contribution is -1.97. The molecule has 0 radical (unpaired) electrons. The molecule has 0 saturated carbocycles. The van der Waals surface area contributed by atoms with Crippen molar-refractivity contribution >= 4 is 5.97 Å². The summed E-state index contributed by atoms with van der Waals surface area (Å²) in [7, 11) is 0. The van der Waals surface area contributed by atoms with Gasteiger partial charge in [0.05, 0.1) is 12.3 Å². The number of nitrogens with zero attached hydrogens (tertiary/aromatic N) is 1. The lowest BCUT2D eigenvalue weighted by molar-refractivity contribution is 0.0652. The Kier molecular flexibility index (Phi) is 2.02. The topological polar surface area (TPSA) is 72.6 Å². The third-order valence-electron chi connectivity index (χ3n) is 2.09. The van der Waals surface area contributed by atoms with Crippen LogP contribution < -0.4 is 0 Å². The van der Waals surface area contributed by atoms with Gasteiger partial charge in [-0.2, -0.15) is 0 Å². The van der Waals surface area contributed by atoms with Crippen molar-refractivity contribution in [2.24, 2.45) is 0 Å². The van der Waals surface area contributed by atoms with Gasteiger partial charge < -0.3 is 14.4 Å². The first-order chi connectivity index (χ1) is 6.27. The molecular weight excluding hydrogens is 174 g/mol. The number of ether oxygens (including phenoxy) is 1. The van der Waals surface area contributed by atoms with Crippen LogP contribution in [-0.2, 0) is 4.74 Å². The molecular formula is C8H9NO4. The van der Waals surface area contributed by atoms with Crippen LogP contribution in [0, 0.1) is 0 Å². The zero-order chi connectivity index (χ0) is 9.26. The summed E-state index contributed by atoms with van der Waals surface area (Å²) in [4.78, 5) is 10.5. The molecule has 5 nitrogen and oxygen atoms in total. The Morgan fingerprint density at radius 2 is 2.54 bits per heavy atom. The predicted octanol–water partition coefficient (Wildman–Crippen LogP) is 0.877. The third-order valence-corrected chi connectivity index (χ3v) is 2.09. The summed E-state index contributed by atoms with van der Waals surface area (Å²) in [6.45, 7) is 1.31. The van der Waals surface area contributed by atoms with Crippen molar-refractivity contribution in [3.63, 3.8) is 0 Å². The molecule has 1 fully saturated rings. The first kappa shape index (κ1) is 8.25. The van der Waals surface area contributed by atoms with Gasteiger partial charge in [-0.25, -0.2) is 4.79 Å². The van der Waals surface area contributed by atoms with Gasteiger partial charge in [0, 0.05) is 18.6 Å². The van der Waals surface area contributed by atoms with Crippen LogP contribution in [0.4, 0.5) is 0 Å². The number of aromatic nitrogens is 1. The minimum absolute atomic E-state index is 0.109. The van der Waals surface area contributed by atoms with Crippen LogP contribution in [0.25, 0.3) is 0 Å². The highest BCUT2D eigenvalue weighted by Gasteiger charge is 2.22. The van der Waals surface area contributed by atoms with Gasteiger partial charge in [0.2, 0.25) is 5.76 Å². The summed E-state index contributed by atoms with van der Waals surface area (Å²) in [5.74, 6) is -1.00.